The van der Waals surface area contributed by atoms with Gasteiger partial charge in [-0.05, 0) is 44.8 Å². The molecule has 88 valence electrons. The lowest BCUT2D eigenvalue weighted by atomic mass is 10.3. The van der Waals surface area contributed by atoms with Crippen LogP contribution in [0.4, 0.5) is 5.82 Å². The number of halogens is 2. The maximum atomic E-state index is 7.22. The molecule has 0 spiro atoms. The van der Waals surface area contributed by atoms with Gasteiger partial charge in [0.25, 0.3) is 0 Å². The maximum Gasteiger partial charge on any atom is 0.142 e. The van der Waals surface area contributed by atoms with E-state index in [9.17, 15) is 0 Å². The fraction of sp³-hybridized carbons (Fsp3) is 0.400. The van der Waals surface area contributed by atoms with E-state index in [4.69, 9.17) is 11.1 Å². The van der Waals surface area contributed by atoms with E-state index in [2.05, 4.69) is 48.7 Å². The molecule has 1 aromatic heterocycles. The molecular formula is C10H14Br2N4. The van der Waals surface area contributed by atoms with Crippen molar-refractivity contribution < 1.29 is 0 Å². The van der Waals surface area contributed by atoms with Crippen LogP contribution in [0.25, 0.3) is 0 Å². The molecule has 1 aromatic rings. The first-order valence-corrected chi connectivity index (χ1v) is 6.52. The van der Waals surface area contributed by atoms with Crippen LogP contribution in [0, 0.1) is 5.41 Å². The van der Waals surface area contributed by atoms with Crippen molar-refractivity contribution in [2.24, 2.45) is 5.73 Å². The van der Waals surface area contributed by atoms with Crippen molar-refractivity contribution in [3.8, 4) is 0 Å². The number of amidine groups is 1. The van der Waals surface area contributed by atoms with Gasteiger partial charge >= 0.3 is 0 Å². The van der Waals surface area contributed by atoms with Gasteiger partial charge < -0.3 is 10.6 Å². The predicted octanol–water partition coefficient (Wildman–Crippen LogP) is 2.76. The van der Waals surface area contributed by atoms with Gasteiger partial charge in [0.05, 0.1) is 10.3 Å². The second-order valence-corrected chi connectivity index (χ2v) is 5.08. The topological polar surface area (TPSA) is 66.0 Å². The van der Waals surface area contributed by atoms with Crippen molar-refractivity contribution in [2.75, 3.05) is 18.0 Å². The molecule has 0 atom stereocenters. The van der Waals surface area contributed by atoms with Gasteiger partial charge in [-0.15, -0.1) is 0 Å². The highest BCUT2D eigenvalue weighted by molar-refractivity contribution is 9.11. The summed E-state index contributed by atoms with van der Waals surface area (Å²) < 4.78 is 1.87. The second-order valence-electron chi connectivity index (χ2n) is 3.31. The molecule has 0 saturated heterocycles. The summed E-state index contributed by atoms with van der Waals surface area (Å²) in [6, 6.07) is 1.96. The molecule has 4 nitrogen and oxygen atoms in total. The van der Waals surface area contributed by atoms with Crippen molar-refractivity contribution in [3.63, 3.8) is 0 Å². The Balaban J connectivity index is 2.82. The van der Waals surface area contributed by atoms with E-state index in [0.29, 0.717) is 13.0 Å². The Morgan fingerprint density at radius 2 is 2.25 bits per heavy atom. The highest BCUT2D eigenvalue weighted by atomic mass is 79.9. The molecule has 0 amide bonds. The maximum absolute atomic E-state index is 7.22. The first-order valence-electron chi connectivity index (χ1n) is 4.93. The summed E-state index contributed by atoms with van der Waals surface area (Å²) in [4.78, 5) is 6.43. The molecule has 0 aliphatic carbocycles. The van der Waals surface area contributed by atoms with Gasteiger partial charge in [-0.2, -0.15) is 0 Å². The number of anilines is 1. The lowest BCUT2D eigenvalue weighted by Crippen LogP contribution is -2.28. The van der Waals surface area contributed by atoms with Crippen LogP contribution >= 0.6 is 31.9 Å². The van der Waals surface area contributed by atoms with E-state index in [1.807, 2.05) is 6.07 Å². The Labute approximate surface area is 112 Å². The summed E-state index contributed by atoms with van der Waals surface area (Å²) in [5, 5.41) is 7.22. The van der Waals surface area contributed by atoms with Crippen molar-refractivity contribution in [1.29, 1.82) is 5.41 Å². The highest BCUT2D eigenvalue weighted by Gasteiger charge is 2.10. The Morgan fingerprint density at radius 3 is 2.75 bits per heavy atom. The molecular weight excluding hydrogens is 336 g/mol. The molecule has 0 fully saturated rings. The van der Waals surface area contributed by atoms with E-state index in [-0.39, 0.29) is 5.84 Å². The summed E-state index contributed by atoms with van der Waals surface area (Å²) >= 11 is 6.84. The van der Waals surface area contributed by atoms with Crippen molar-refractivity contribution in [2.45, 2.75) is 13.3 Å². The third kappa shape index (κ3) is 3.75. The van der Waals surface area contributed by atoms with Crippen LogP contribution in [-0.2, 0) is 0 Å². The van der Waals surface area contributed by atoms with Gasteiger partial charge in [0.1, 0.15) is 5.82 Å². The Hall–Kier alpha value is -0.620. The van der Waals surface area contributed by atoms with Crippen LogP contribution in [0.3, 0.4) is 0 Å². The molecule has 0 bridgehead atoms. The number of aromatic nitrogens is 1. The molecule has 0 aromatic carbocycles. The highest BCUT2D eigenvalue weighted by Crippen LogP contribution is 2.26. The van der Waals surface area contributed by atoms with Crippen molar-refractivity contribution in [1.82, 2.24) is 4.98 Å². The van der Waals surface area contributed by atoms with Gasteiger partial charge in [-0.3, -0.25) is 5.41 Å². The number of nitrogens with two attached hydrogens (primary N) is 1. The first-order chi connectivity index (χ1) is 7.54. The van der Waals surface area contributed by atoms with Crippen LogP contribution < -0.4 is 10.6 Å². The van der Waals surface area contributed by atoms with Crippen LogP contribution in [0.1, 0.15) is 13.3 Å². The van der Waals surface area contributed by atoms with E-state index < -0.39 is 0 Å². The fourth-order valence-electron chi connectivity index (χ4n) is 1.31. The van der Waals surface area contributed by atoms with Crippen molar-refractivity contribution >= 4 is 43.5 Å². The van der Waals surface area contributed by atoms with E-state index in [1.54, 1.807) is 6.20 Å². The average Bonchev–Trinajstić information content (AvgIpc) is 2.21. The quantitative estimate of drug-likeness (QED) is 0.634. The minimum Gasteiger partial charge on any atom is -0.388 e. The third-order valence-electron chi connectivity index (χ3n) is 2.12. The number of nitrogens with one attached hydrogen (secondary N) is 1. The molecule has 0 aliphatic rings. The van der Waals surface area contributed by atoms with E-state index in [1.165, 1.54) is 0 Å². The minimum absolute atomic E-state index is 0.201. The molecule has 16 heavy (non-hydrogen) atoms. The van der Waals surface area contributed by atoms with Gasteiger partial charge in [0.15, 0.2) is 0 Å². The molecule has 3 N–H and O–H groups in total. The second kappa shape index (κ2) is 6.20. The number of pyridine rings is 1. The first kappa shape index (κ1) is 13.4. The zero-order valence-electron chi connectivity index (χ0n) is 9.00. The summed E-state index contributed by atoms with van der Waals surface area (Å²) in [5.41, 5.74) is 5.35. The predicted molar refractivity (Wildman–Crippen MR) is 74.1 cm³/mol. The summed E-state index contributed by atoms with van der Waals surface area (Å²) in [7, 11) is 0. The molecule has 1 rings (SSSR count). The zero-order valence-corrected chi connectivity index (χ0v) is 12.2. The SMILES string of the molecule is CCN(CCC(=N)N)c1ncc(Br)cc1Br. The lowest BCUT2D eigenvalue weighted by Gasteiger charge is -2.22. The molecule has 0 aliphatic heterocycles. The summed E-state index contributed by atoms with van der Waals surface area (Å²) in [6.45, 7) is 3.59. The van der Waals surface area contributed by atoms with Gasteiger partial charge in [0, 0.05) is 30.2 Å². The zero-order chi connectivity index (χ0) is 12.1. The van der Waals surface area contributed by atoms with Gasteiger partial charge in [-0.1, -0.05) is 0 Å². The number of hydrogen-bond donors (Lipinski definition) is 2. The summed E-state index contributed by atoms with van der Waals surface area (Å²) in [6.07, 6.45) is 2.31. The number of nitrogens with zero attached hydrogens (tertiary/aromatic N) is 2. The Kier molecular flexibility index (Phi) is 5.21. The Morgan fingerprint density at radius 1 is 1.56 bits per heavy atom. The molecule has 0 unspecified atom stereocenters. The van der Waals surface area contributed by atoms with E-state index >= 15 is 0 Å². The van der Waals surface area contributed by atoms with Gasteiger partial charge in [-0.25, -0.2) is 4.98 Å². The van der Waals surface area contributed by atoms with E-state index in [0.717, 1.165) is 21.3 Å². The molecule has 0 radical (unpaired) electrons. The Bertz CT molecular complexity index is 381. The van der Waals surface area contributed by atoms with Crippen LogP contribution in [0.2, 0.25) is 0 Å². The fourth-order valence-corrected chi connectivity index (χ4v) is 2.55. The normalized spacial score (nSPS) is 10.2. The minimum atomic E-state index is 0.201. The largest absolute Gasteiger partial charge is 0.388 e. The molecule has 1 heterocycles. The monoisotopic (exact) mass is 348 g/mol. The third-order valence-corrected chi connectivity index (χ3v) is 3.14. The number of rotatable bonds is 5. The van der Waals surface area contributed by atoms with Gasteiger partial charge in [0.2, 0.25) is 0 Å². The number of hydrogen-bond acceptors (Lipinski definition) is 3. The lowest BCUT2D eigenvalue weighted by molar-refractivity contribution is 0.812. The van der Waals surface area contributed by atoms with Crippen LogP contribution in [-0.4, -0.2) is 23.9 Å². The standard InChI is InChI=1S/C10H14Br2N4/c1-2-16(4-3-9(13)14)10-8(12)5-7(11)6-15-10/h5-6H,2-4H2,1H3,(H3,13,14). The van der Waals surface area contributed by atoms with Crippen molar-refractivity contribution in [3.05, 3.63) is 21.2 Å². The molecule has 6 heteroatoms. The summed E-state index contributed by atoms with van der Waals surface area (Å²) in [5.74, 6) is 1.08. The van der Waals surface area contributed by atoms with Crippen LogP contribution in [0.15, 0.2) is 21.2 Å². The van der Waals surface area contributed by atoms with Crippen LogP contribution in [0.5, 0.6) is 0 Å². The smallest absolute Gasteiger partial charge is 0.142 e. The average molecular weight is 350 g/mol. The molecule has 0 saturated carbocycles.